The number of hydrogen-bond donors (Lipinski definition) is 3. The third-order valence-corrected chi connectivity index (χ3v) is 4.06. The van der Waals surface area contributed by atoms with E-state index in [0.29, 0.717) is 12.5 Å². The molecule has 0 bridgehead atoms. The first-order valence-electron chi connectivity index (χ1n) is 7.43. The number of aromatic nitrogens is 3. The summed E-state index contributed by atoms with van der Waals surface area (Å²) >= 11 is 0. The molecular formula is C17H22N4. The molecule has 0 amide bonds. The Labute approximate surface area is 124 Å². The molecule has 1 aromatic carbocycles. The van der Waals surface area contributed by atoms with Gasteiger partial charge in [0.05, 0.1) is 5.69 Å². The van der Waals surface area contributed by atoms with E-state index in [1.807, 2.05) is 0 Å². The van der Waals surface area contributed by atoms with Crippen LogP contribution in [0.1, 0.15) is 48.2 Å². The highest BCUT2D eigenvalue weighted by molar-refractivity contribution is 5.84. The standard InChI is InChI=1S/C17H22N4/c1-10(2)16-7-17(21-20-16)13(8-18)14-9-19-15-5-4-11(3)6-12(14)15/h4-7,9-10,13,19H,8,18H2,1-3H3,(H,20,21). The maximum atomic E-state index is 6.05. The molecule has 0 aliphatic rings. The van der Waals surface area contributed by atoms with Crippen molar-refractivity contribution < 1.29 is 0 Å². The van der Waals surface area contributed by atoms with Crippen molar-refractivity contribution in [2.24, 2.45) is 5.73 Å². The number of fused-ring (bicyclic) bond motifs is 1. The maximum absolute atomic E-state index is 6.05. The Kier molecular flexibility index (Phi) is 3.55. The molecule has 0 aliphatic carbocycles. The summed E-state index contributed by atoms with van der Waals surface area (Å²) in [5.74, 6) is 0.555. The summed E-state index contributed by atoms with van der Waals surface area (Å²) in [5, 5.41) is 8.80. The second-order valence-electron chi connectivity index (χ2n) is 5.98. The number of nitrogens with zero attached hydrogens (tertiary/aromatic N) is 1. The monoisotopic (exact) mass is 282 g/mol. The predicted octanol–water partition coefficient (Wildman–Crippen LogP) is 3.41. The first-order chi connectivity index (χ1) is 10.1. The van der Waals surface area contributed by atoms with Crippen LogP contribution in [0.25, 0.3) is 10.9 Å². The average Bonchev–Trinajstić information content (AvgIpc) is 3.08. The van der Waals surface area contributed by atoms with E-state index in [4.69, 9.17) is 5.73 Å². The zero-order chi connectivity index (χ0) is 15.0. The summed E-state index contributed by atoms with van der Waals surface area (Å²) in [7, 11) is 0. The Balaban J connectivity index is 2.06. The highest BCUT2D eigenvalue weighted by Gasteiger charge is 2.19. The van der Waals surface area contributed by atoms with Crippen molar-refractivity contribution in [3.63, 3.8) is 0 Å². The number of benzene rings is 1. The van der Waals surface area contributed by atoms with Crippen LogP contribution in [0.2, 0.25) is 0 Å². The summed E-state index contributed by atoms with van der Waals surface area (Å²) in [5.41, 5.74) is 11.9. The van der Waals surface area contributed by atoms with E-state index >= 15 is 0 Å². The minimum absolute atomic E-state index is 0.139. The Morgan fingerprint density at radius 1 is 1.24 bits per heavy atom. The predicted molar refractivity (Wildman–Crippen MR) is 86.6 cm³/mol. The molecule has 0 radical (unpaired) electrons. The van der Waals surface area contributed by atoms with Gasteiger partial charge in [-0.15, -0.1) is 0 Å². The van der Waals surface area contributed by atoms with E-state index in [0.717, 1.165) is 16.9 Å². The van der Waals surface area contributed by atoms with Crippen molar-refractivity contribution in [1.82, 2.24) is 15.2 Å². The van der Waals surface area contributed by atoms with Crippen LogP contribution in [0, 0.1) is 6.92 Å². The molecule has 4 heteroatoms. The summed E-state index contributed by atoms with van der Waals surface area (Å²) in [4.78, 5) is 3.34. The second kappa shape index (κ2) is 5.37. The van der Waals surface area contributed by atoms with Gasteiger partial charge < -0.3 is 10.7 Å². The number of rotatable bonds is 4. The molecule has 21 heavy (non-hydrogen) atoms. The number of nitrogens with one attached hydrogen (secondary N) is 2. The van der Waals surface area contributed by atoms with Crippen LogP contribution in [0.4, 0.5) is 0 Å². The summed E-state index contributed by atoms with van der Waals surface area (Å²) in [6.45, 7) is 6.96. The van der Waals surface area contributed by atoms with Gasteiger partial charge in [-0.1, -0.05) is 25.5 Å². The van der Waals surface area contributed by atoms with Crippen LogP contribution in [-0.2, 0) is 0 Å². The van der Waals surface area contributed by atoms with Gasteiger partial charge in [0, 0.05) is 35.3 Å². The Morgan fingerprint density at radius 3 is 2.71 bits per heavy atom. The second-order valence-corrected chi connectivity index (χ2v) is 5.98. The molecule has 0 spiro atoms. The van der Waals surface area contributed by atoms with Crippen molar-refractivity contribution in [2.75, 3.05) is 6.54 Å². The quantitative estimate of drug-likeness (QED) is 0.686. The van der Waals surface area contributed by atoms with E-state index in [2.05, 4.69) is 66.4 Å². The van der Waals surface area contributed by atoms with Crippen molar-refractivity contribution in [2.45, 2.75) is 32.6 Å². The van der Waals surface area contributed by atoms with Crippen LogP contribution in [0.3, 0.4) is 0 Å². The Bertz CT molecular complexity index is 751. The van der Waals surface area contributed by atoms with Crippen LogP contribution >= 0.6 is 0 Å². The van der Waals surface area contributed by atoms with E-state index in [-0.39, 0.29) is 5.92 Å². The molecule has 0 fully saturated rings. The molecule has 2 aromatic heterocycles. The number of H-pyrrole nitrogens is 2. The molecule has 0 saturated carbocycles. The fourth-order valence-corrected chi connectivity index (χ4v) is 2.79. The average molecular weight is 282 g/mol. The van der Waals surface area contributed by atoms with Gasteiger partial charge in [-0.3, -0.25) is 5.10 Å². The van der Waals surface area contributed by atoms with E-state index in [1.165, 1.54) is 16.5 Å². The molecule has 3 aromatic rings. The smallest absolute Gasteiger partial charge is 0.0650 e. The maximum Gasteiger partial charge on any atom is 0.0650 e. The molecule has 0 aliphatic heterocycles. The molecular weight excluding hydrogens is 260 g/mol. The van der Waals surface area contributed by atoms with Gasteiger partial charge in [0.25, 0.3) is 0 Å². The molecule has 1 unspecified atom stereocenters. The molecule has 0 saturated heterocycles. The summed E-state index contributed by atoms with van der Waals surface area (Å²) in [6.07, 6.45) is 2.07. The van der Waals surface area contributed by atoms with E-state index < -0.39 is 0 Å². The fourth-order valence-electron chi connectivity index (χ4n) is 2.79. The van der Waals surface area contributed by atoms with Gasteiger partial charge in [-0.2, -0.15) is 5.10 Å². The van der Waals surface area contributed by atoms with Gasteiger partial charge >= 0.3 is 0 Å². The molecule has 4 N–H and O–H groups in total. The van der Waals surface area contributed by atoms with Crippen molar-refractivity contribution in [3.05, 3.63) is 53.0 Å². The third-order valence-electron chi connectivity index (χ3n) is 4.06. The topological polar surface area (TPSA) is 70.5 Å². The minimum Gasteiger partial charge on any atom is -0.361 e. The van der Waals surface area contributed by atoms with E-state index in [1.54, 1.807) is 0 Å². The van der Waals surface area contributed by atoms with Crippen LogP contribution in [-0.4, -0.2) is 21.7 Å². The number of aryl methyl sites for hydroxylation is 1. The largest absolute Gasteiger partial charge is 0.361 e. The molecule has 1 atom stereocenters. The number of nitrogens with two attached hydrogens (primary N) is 1. The van der Waals surface area contributed by atoms with Crippen molar-refractivity contribution >= 4 is 10.9 Å². The molecule has 3 rings (SSSR count). The van der Waals surface area contributed by atoms with Gasteiger partial charge in [0.2, 0.25) is 0 Å². The van der Waals surface area contributed by atoms with Crippen LogP contribution in [0.5, 0.6) is 0 Å². The lowest BCUT2D eigenvalue weighted by atomic mass is 9.94. The van der Waals surface area contributed by atoms with Crippen molar-refractivity contribution in [1.29, 1.82) is 0 Å². The molecule has 4 nitrogen and oxygen atoms in total. The van der Waals surface area contributed by atoms with Crippen molar-refractivity contribution in [3.8, 4) is 0 Å². The van der Waals surface area contributed by atoms with Gasteiger partial charge in [-0.05, 0) is 36.6 Å². The summed E-state index contributed by atoms with van der Waals surface area (Å²) in [6, 6.07) is 8.59. The zero-order valence-electron chi connectivity index (χ0n) is 12.8. The minimum atomic E-state index is 0.139. The Hall–Kier alpha value is -2.07. The summed E-state index contributed by atoms with van der Waals surface area (Å²) < 4.78 is 0. The third kappa shape index (κ3) is 2.47. The van der Waals surface area contributed by atoms with Gasteiger partial charge in [-0.25, -0.2) is 0 Å². The molecule has 2 heterocycles. The SMILES string of the molecule is Cc1ccc2[nH]cc(C(CN)c3cc(C(C)C)n[nH]3)c2c1. The highest BCUT2D eigenvalue weighted by atomic mass is 15.1. The fraction of sp³-hybridized carbons (Fsp3) is 0.353. The van der Waals surface area contributed by atoms with Gasteiger partial charge in [0.1, 0.15) is 0 Å². The van der Waals surface area contributed by atoms with Gasteiger partial charge in [0.15, 0.2) is 0 Å². The number of hydrogen-bond acceptors (Lipinski definition) is 2. The lowest BCUT2D eigenvalue weighted by molar-refractivity contribution is 0.776. The highest BCUT2D eigenvalue weighted by Crippen LogP contribution is 2.30. The first-order valence-corrected chi connectivity index (χ1v) is 7.43. The first kappa shape index (κ1) is 13.9. The van der Waals surface area contributed by atoms with Crippen LogP contribution in [0.15, 0.2) is 30.5 Å². The lowest BCUT2D eigenvalue weighted by Gasteiger charge is -2.12. The normalized spacial score (nSPS) is 13.2. The number of aromatic amines is 2. The zero-order valence-corrected chi connectivity index (χ0v) is 12.8. The molecule has 110 valence electrons. The lowest BCUT2D eigenvalue weighted by Crippen LogP contribution is -2.14. The van der Waals surface area contributed by atoms with E-state index in [9.17, 15) is 0 Å². The Morgan fingerprint density at radius 2 is 2.05 bits per heavy atom. The van der Waals surface area contributed by atoms with Crippen LogP contribution < -0.4 is 5.73 Å².